The molecule has 0 spiro atoms. The van der Waals surface area contributed by atoms with Gasteiger partial charge in [-0.25, -0.2) is 0 Å². The lowest BCUT2D eigenvalue weighted by Crippen LogP contribution is -2.50. The number of aryl methyl sites for hydroxylation is 1. The molecule has 0 unspecified atom stereocenters. The molecular weight excluding hydrogens is 298 g/mol. The van der Waals surface area contributed by atoms with Gasteiger partial charge in [-0.1, -0.05) is 51.6 Å². The third kappa shape index (κ3) is 4.86. The second kappa shape index (κ2) is 7.87. The molecular formula is C21H31NO2. The van der Waals surface area contributed by atoms with Gasteiger partial charge in [-0.05, 0) is 42.2 Å². The highest BCUT2D eigenvalue weighted by molar-refractivity contribution is 5.79. The van der Waals surface area contributed by atoms with E-state index >= 15 is 0 Å². The standard InChI is InChI=1S/C21H31NO2/c1-6-24-16(2)13-20(23)22-14-17(15-22)11-12-18-9-7-8-10-19(18)21(3,4)5/h7-10,17H,2,6,11-15H2,1,3-5H3. The van der Waals surface area contributed by atoms with Gasteiger partial charge in [-0.3, -0.25) is 4.79 Å². The predicted molar refractivity (Wildman–Crippen MR) is 98.9 cm³/mol. The third-order valence-corrected chi connectivity index (χ3v) is 4.65. The number of ether oxygens (including phenoxy) is 1. The second-order valence-electron chi connectivity index (χ2n) is 7.76. The van der Waals surface area contributed by atoms with Gasteiger partial charge >= 0.3 is 0 Å². The highest BCUT2D eigenvalue weighted by atomic mass is 16.5. The van der Waals surface area contributed by atoms with E-state index in [1.54, 1.807) is 0 Å². The monoisotopic (exact) mass is 329 g/mol. The summed E-state index contributed by atoms with van der Waals surface area (Å²) in [6, 6.07) is 8.74. The Morgan fingerprint density at radius 2 is 1.96 bits per heavy atom. The molecule has 0 aliphatic carbocycles. The maximum Gasteiger partial charge on any atom is 0.230 e. The molecule has 1 heterocycles. The van der Waals surface area contributed by atoms with Gasteiger partial charge in [0.1, 0.15) is 0 Å². The largest absolute Gasteiger partial charge is 0.498 e. The van der Waals surface area contributed by atoms with Crippen molar-refractivity contribution in [3.05, 3.63) is 47.7 Å². The van der Waals surface area contributed by atoms with Crippen molar-refractivity contribution < 1.29 is 9.53 Å². The van der Waals surface area contributed by atoms with Crippen molar-refractivity contribution in [2.75, 3.05) is 19.7 Å². The van der Waals surface area contributed by atoms with Crippen LogP contribution in [0.5, 0.6) is 0 Å². The molecule has 24 heavy (non-hydrogen) atoms. The minimum atomic E-state index is 0.139. The summed E-state index contributed by atoms with van der Waals surface area (Å²) >= 11 is 0. The summed E-state index contributed by atoms with van der Waals surface area (Å²) in [4.78, 5) is 14.0. The lowest BCUT2D eigenvalue weighted by atomic mass is 9.81. The molecule has 0 radical (unpaired) electrons. The van der Waals surface area contributed by atoms with E-state index in [0.29, 0.717) is 24.7 Å². The second-order valence-corrected chi connectivity index (χ2v) is 7.76. The number of likely N-dealkylation sites (tertiary alicyclic amines) is 1. The molecule has 1 fully saturated rings. The number of nitrogens with zero attached hydrogens (tertiary/aromatic N) is 1. The average molecular weight is 329 g/mol. The first-order valence-corrected chi connectivity index (χ1v) is 8.98. The zero-order chi connectivity index (χ0) is 17.7. The molecule has 1 aliphatic rings. The van der Waals surface area contributed by atoms with Crippen molar-refractivity contribution in [3.63, 3.8) is 0 Å². The van der Waals surface area contributed by atoms with E-state index in [-0.39, 0.29) is 11.3 Å². The fourth-order valence-corrected chi connectivity index (χ4v) is 3.32. The number of hydrogen-bond donors (Lipinski definition) is 0. The zero-order valence-electron chi connectivity index (χ0n) is 15.6. The van der Waals surface area contributed by atoms with Crippen LogP contribution in [-0.2, 0) is 21.4 Å². The normalized spacial score (nSPS) is 15.1. The first-order chi connectivity index (χ1) is 11.3. The van der Waals surface area contributed by atoms with E-state index in [2.05, 4.69) is 51.6 Å². The lowest BCUT2D eigenvalue weighted by Gasteiger charge is -2.39. The van der Waals surface area contributed by atoms with E-state index in [0.717, 1.165) is 25.9 Å². The molecule has 1 aliphatic heterocycles. The van der Waals surface area contributed by atoms with Gasteiger partial charge in [0.25, 0.3) is 0 Å². The molecule has 2 rings (SSSR count). The van der Waals surface area contributed by atoms with Gasteiger partial charge in [0.15, 0.2) is 0 Å². The molecule has 3 heteroatoms. The molecule has 1 amide bonds. The fraction of sp³-hybridized carbons (Fsp3) is 0.571. The van der Waals surface area contributed by atoms with E-state index in [1.807, 2.05) is 11.8 Å². The van der Waals surface area contributed by atoms with E-state index in [9.17, 15) is 4.79 Å². The molecule has 0 bridgehead atoms. The topological polar surface area (TPSA) is 29.5 Å². The van der Waals surface area contributed by atoms with E-state index in [4.69, 9.17) is 4.74 Å². The molecule has 1 aromatic rings. The van der Waals surface area contributed by atoms with Crippen LogP contribution >= 0.6 is 0 Å². The number of hydrogen-bond acceptors (Lipinski definition) is 2. The van der Waals surface area contributed by atoms with Crippen molar-refractivity contribution in [1.29, 1.82) is 0 Å². The van der Waals surface area contributed by atoms with Gasteiger partial charge in [0.05, 0.1) is 18.8 Å². The quantitative estimate of drug-likeness (QED) is 0.697. The Morgan fingerprint density at radius 1 is 1.29 bits per heavy atom. The Hall–Kier alpha value is -1.77. The maximum absolute atomic E-state index is 12.1. The first kappa shape index (κ1) is 18.6. The lowest BCUT2D eigenvalue weighted by molar-refractivity contribution is -0.137. The molecule has 1 saturated heterocycles. The van der Waals surface area contributed by atoms with Crippen molar-refractivity contribution in [2.24, 2.45) is 5.92 Å². The van der Waals surface area contributed by atoms with Crippen molar-refractivity contribution in [1.82, 2.24) is 4.90 Å². The van der Waals surface area contributed by atoms with Crippen molar-refractivity contribution in [2.45, 2.75) is 52.4 Å². The number of rotatable bonds is 7. The van der Waals surface area contributed by atoms with Crippen LogP contribution in [0.25, 0.3) is 0 Å². The zero-order valence-corrected chi connectivity index (χ0v) is 15.6. The Balaban J connectivity index is 1.79. The Bertz CT molecular complexity index is 580. The van der Waals surface area contributed by atoms with Crippen LogP contribution < -0.4 is 0 Å². The summed E-state index contributed by atoms with van der Waals surface area (Å²) in [7, 11) is 0. The number of amides is 1. The van der Waals surface area contributed by atoms with E-state index < -0.39 is 0 Å². The summed E-state index contributed by atoms with van der Waals surface area (Å²) in [5.41, 5.74) is 3.06. The minimum Gasteiger partial charge on any atom is -0.498 e. The van der Waals surface area contributed by atoms with Crippen LogP contribution in [0, 0.1) is 5.92 Å². The average Bonchev–Trinajstić information content (AvgIpc) is 2.45. The fourth-order valence-electron chi connectivity index (χ4n) is 3.32. The molecule has 3 nitrogen and oxygen atoms in total. The highest BCUT2D eigenvalue weighted by Gasteiger charge is 2.30. The smallest absolute Gasteiger partial charge is 0.230 e. The Kier molecular flexibility index (Phi) is 6.09. The molecule has 0 aromatic heterocycles. The van der Waals surface area contributed by atoms with Gasteiger partial charge in [0.2, 0.25) is 5.91 Å². The molecule has 1 aromatic carbocycles. The van der Waals surface area contributed by atoms with Crippen LogP contribution in [0.2, 0.25) is 0 Å². The van der Waals surface area contributed by atoms with Gasteiger partial charge in [-0.2, -0.15) is 0 Å². The molecule has 132 valence electrons. The number of carbonyl (C=O) groups excluding carboxylic acids is 1. The summed E-state index contributed by atoms with van der Waals surface area (Å²) in [6.45, 7) is 14.8. The van der Waals surface area contributed by atoms with Crippen LogP contribution in [-0.4, -0.2) is 30.5 Å². The maximum atomic E-state index is 12.1. The highest BCUT2D eigenvalue weighted by Crippen LogP contribution is 2.29. The number of benzene rings is 1. The Labute approximate surface area is 146 Å². The van der Waals surface area contributed by atoms with Crippen LogP contribution in [0.4, 0.5) is 0 Å². The summed E-state index contributed by atoms with van der Waals surface area (Å²) in [5.74, 6) is 1.33. The number of carbonyl (C=O) groups is 1. The van der Waals surface area contributed by atoms with Gasteiger partial charge < -0.3 is 9.64 Å². The third-order valence-electron chi connectivity index (χ3n) is 4.65. The summed E-state index contributed by atoms with van der Waals surface area (Å²) in [6.07, 6.45) is 2.54. The van der Waals surface area contributed by atoms with E-state index in [1.165, 1.54) is 11.1 Å². The Morgan fingerprint density at radius 3 is 2.58 bits per heavy atom. The first-order valence-electron chi connectivity index (χ1n) is 8.98. The summed E-state index contributed by atoms with van der Waals surface area (Å²) < 4.78 is 5.27. The van der Waals surface area contributed by atoms with Gasteiger partial charge in [0, 0.05) is 13.1 Å². The SMILES string of the molecule is C=C(CC(=O)N1CC(CCc2ccccc2C(C)(C)C)C1)OCC. The molecule has 0 N–H and O–H groups in total. The van der Waals surface area contributed by atoms with Crippen molar-refractivity contribution >= 4 is 5.91 Å². The molecule has 0 atom stereocenters. The molecule has 0 saturated carbocycles. The predicted octanol–water partition coefficient (Wildman–Crippen LogP) is 4.32. The minimum absolute atomic E-state index is 0.139. The van der Waals surface area contributed by atoms with Crippen LogP contribution in [0.15, 0.2) is 36.6 Å². The van der Waals surface area contributed by atoms with Crippen molar-refractivity contribution in [3.8, 4) is 0 Å². The summed E-state index contributed by atoms with van der Waals surface area (Å²) in [5, 5.41) is 0. The van der Waals surface area contributed by atoms with Crippen LogP contribution in [0.3, 0.4) is 0 Å². The van der Waals surface area contributed by atoms with Crippen LogP contribution in [0.1, 0.15) is 51.7 Å². The van der Waals surface area contributed by atoms with Gasteiger partial charge in [-0.15, -0.1) is 0 Å².